The molecule has 0 amide bonds. The van der Waals surface area contributed by atoms with E-state index in [-0.39, 0.29) is 0 Å². The number of hydrogen-bond donors (Lipinski definition) is 2. The zero-order valence-electron chi connectivity index (χ0n) is 4.48. The fourth-order valence-corrected chi connectivity index (χ4v) is 1.35. The van der Waals surface area contributed by atoms with E-state index in [0.29, 0.717) is 10.7 Å². The van der Waals surface area contributed by atoms with Crippen molar-refractivity contribution in [2.45, 2.75) is 18.4 Å². The van der Waals surface area contributed by atoms with E-state index in [9.17, 15) is 0 Å². The van der Waals surface area contributed by atoms with Crippen molar-refractivity contribution in [3.8, 4) is 0 Å². The lowest BCUT2D eigenvalue weighted by Gasteiger charge is -2.03. The first-order chi connectivity index (χ1) is 3.73. The minimum absolute atomic E-state index is 0.422. The Labute approximate surface area is 53.4 Å². The van der Waals surface area contributed by atoms with E-state index >= 15 is 0 Å². The Morgan fingerprint density at radius 1 is 1.75 bits per heavy atom. The summed E-state index contributed by atoms with van der Waals surface area (Å²) in [6, 6.07) is 0. The molecule has 3 heteroatoms. The number of nitrogens with one attached hydrogen (secondary N) is 1. The lowest BCUT2D eigenvalue weighted by molar-refractivity contribution is 0.725. The molecule has 44 valence electrons. The number of fused-ring (bicyclic) bond motifs is 1. The normalized spacial score (nSPS) is 47.2. The lowest BCUT2D eigenvalue weighted by Crippen LogP contribution is -2.34. The third-order valence-corrected chi connectivity index (χ3v) is 2.16. The Balaban J connectivity index is 1.92. The second-order valence-corrected chi connectivity index (χ2v) is 3.19. The summed E-state index contributed by atoms with van der Waals surface area (Å²) in [5.74, 6) is 0.920. The molecule has 0 radical (unpaired) electrons. The first kappa shape index (κ1) is 4.56. The predicted octanol–water partition coefficient (Wildman–Crippen LogP) is -0.0180. The highest BCUT2D eigenvalue weighted by molar-refractivity contribution is 7.80. The molecule has 0 aromatic heterocycles. The molecule has 0 aromatic rings. The third kappa shape index (κ3) is 0.449. The first-order valence-electron chi connectivity index (χ1n) is 2.81. The number of hydrogen-bond acceptors (Lipinski definition) is 1. The Morgan fingerprint density at radius 3 is 2.38 bits per heavy atom. The highest BCUT2D eigenvalue weighted by atomic mass is 32.1. The topological polar surface area (TPSA) is 38.0 Å². The first-order valence-corrected chi connectivity index (χ1v) is 3.21. The molecular weight excluding hydrogens is 120 g/mol. The van der Waals surface area contributed by atoms with E-state index in [1.165, 1.54) is 12.8 Å². The van der Waals surface area contributed by atoms with Crippen LogP contribution in [0, 0.1) is 5.92 Å². The Hall–Kier alpha value is -0.310. The van der Waals surface area contributed by atoms with Crippen LogP contribution in [0.1, 0.15) is 12.8 Å². The molecule has 2 fully saturated rings. The zero-order valence-corrected chi connectivity index (χ0v) is 5.29. The van der Waals surface area contributed by atoms with Crippen molar-refractivity contribution in [1.29, 1.82) is 0 Å². The minimum atomic E-state index is 0.422. The SMILES string of the molecule is NC(=S)NC12CC1C2. The molecule has 0 aromatic carbocycles. The van der Waals surface area contributed by atoms with Crippen molar-refractivity contribution in [1.82, 2.24) is 5.32 Å². The summed E-state index contributed by atoms with van der Waals surface area (Å²) in [5.41, 5.74) is 5.69. The molecule has 2 saturated carbocycles. The molecule has 0 spiro atoms. The minimum Gasteiger partial charge on any atom is -0.376 e. The molecule has 0 bridgehead atoms. The van der Waals surface area contributed by atoms with Crippen molar-refractivity contribution >= 4 is 17.3 Å². The van der Waals surface area contributed by atoms with Crippen LogP contribution in [0.5, 0.6) is 0 Å². The van der Waals surface area contributed by atoms with Crippen LogP contribution >= 0.6 is 12.2 Å². The summed E-state index contributed by atoms with van der Waals surface area (Å²) < 4.78 is 0. The average molecular weight is 128 g/mol. The molecule has 0 saturated heterocycles. The molecule has 0 atom stereocenters. The zero-order chi connectivity index (χ0) is 5.78. The fourth-order valence-electron chi connectivity index (χ4n) is 1.15. The predicted molar refractivity (Wildman–Crippen MR) is 35.4 cm³/mol. The Bertz CT molecular complexity index is 149. The maximum absolute atomic E-state index is 5.27. The van der Waals surface area contributed by atoms with Crippen LogP contribution < -0.4 is 11.1 Å². The van der Waals surface area contributed by atoms with E-state index in [1.54, 1.807) is 0 Å². The number of rotatable bonds is 1. The van der Waals surface area contributed by atoms with Crippen molar-refractivity contribution < 1.29 is 0 Å². The van der Waals surface area contributed by atoms with Gasteiger partial charge in [-0.25, -0.2) is 0 Å². The van der Waals surface area contributed by atoms with Crippen LogP contribution in [0.2, 0.25) is 0 Å². The van der Waals surface area contributed by atoms with Crippen LogP contribution in [-0.4, -0.2) is 10.7 Å². The van der Waals surface area contributed by atoms with Gasteiger partial charge in [0.1, 0.15) is 0 Å². The third-order valence-electron chi connectivity index (χ3n) is 2.05. The van der Waals surface area contributed by atoms with E-state index in [4.69, 9.17) is 5.73 Å². The summed E-state index contributed by atoms with van der Waals surface area (Å²) in [6.45, 7) is 0. The summed E-state index contributed by atoms with van der Waals surface area (Å²) in [6.07, 6.45) is 2.59. The van der Waals surface area contributed by atoms with Gasteiger partial charge in [-0.05, 0) is 31.0 Å². The second-order valence-electron chi connectivity index (χ2n) is 2.75. The maximum atomic E-state index is 5.27. The van der Waals surface area contributed by atoms with E-state index < -0.39 is 0 Å². The summed E-state index contributed by atoms with van der Waals surface area (Å²) in [5, 5.41) is 3.54. The van der Waals surface area contributed by atoms with Crippen LogP contribution in [0.3, 0.4) is 0 Å². The fraction of sp³-hybridized carbons (Fsp3) is 0.800. The van der Waals surface area contributed by atoms with Gasteiger partial charge in [-0.1, -0.05) is 0 Å². The smallest absolute Gasteiger partial charge is 0.164 e. The van der Waals surface area contributed by atoms with Crippen LogP contribution in [0.4, 0.5) is 0 Å². The van der Waals surface area contributed by atoms with Gasteiger partial charge in [0.05, 0.1) is 0 Å². The summed E-state index contributed by atoms with van der Waals surface area (Å²) >= 11 is 4.68. The van der Waals surface area contributed by atoms with Gasteiger partial charge in [0, 0.05) is 5.54 Å². The van der Waals surface area contributed by atoms with Crippen molar-refractivity contribution in [3.63, 3.8) is 0 Å². The number of thiocarbonyl (C=S) groups is 1. The van der Waals surface area contributed by atoms with Gasteiger partial charge in [0.15, 0.2) is 5.11 Å². The van der Waals surface area contributed by atoms with Gasteiger partial charge in [-0.2, -0.15) is 0 Å². The van der Waals surface area contributed by atoms with Gasteiger partial charge in [0.2, 0.25) is 0 Å². The van der Waals surface area contributed by atoms with E-state index in [1.807, 2.05) is 0 Å². The largest absolute Gasteiger partial charge is 0.376 e. The van der Waals surface area contributed by atoms with Gasteiger partial charge in [-0.3, -0.25) is 0 Å². The van der Waals surface area contributed by atoms with Gasteiger partial charge < -0.3 is 11.1 Å². The molecule has 3 N–H and O–H groups in total. The molecule has 2 aliphatic carbocycles. The molecular formula is C5H8N2S. The molecule has 2 aliphatic rings. The standard InChI is InChI=1S/C5H8N2S/c6-4(8)7-5-1-3(5)2-5/h3H,1-2H2,(H3,6,7,8). The van der Waals surface area contributed by atoms with Crippen LogP contribution in [0.25, 0.3) is 0 Å². The highest BCUT2D eigenvalue weighted by Gasteiger charge is 2.70. The van der Waals surface area contributed by atoms with Crippen LogP contribution in [-0.2, 0) is 0 Å². The van der Waals surface area contributed by atoms with Gasteiger partial charge in [0.25, 0.3) is 0 Å². The van der Waals surface area contributed by atoms with Gasteiger partial charge in [-0.15, -0.1) is 0 Å². The summed E-state index contributed by atoms with van der Waals surface area (Å²) in [4.78, 5) is 0. The quantitative estimate of drug-likeness (QED) is 0.487. The average Bonchev–Trinajstić information content (AvgIpc) is 2.18. The Morgan fingerprint density at radius 2 is 2.25 bits per heavy atom. The molecule has 2 rings (SSSR count). The molecule has 8 heavy (non-hydrogen) atoms. The second kappa shape index (κ2) is 1.00. The van der Waals surface area contributed by atoms with Gasteiger partial charge >= 0.3 is 0 Å². The highest BCUT2D eigenvalue weighted by Crippen LogP contribution is 2.66. The van der Waals surface area contributed by atoms with Crippen molar-refractivity contribution in [2.75, 3.05) is 0 Å². The lowest BCUT2D eigenvalue weighted by atomic mass is 10.4. The van der Waals surface area contributed by atoms with E-state index in [0.717, 1.165) is 5.92 Å². The van der Waals surface area contributed by atoms with Crippen molar-refractivity contribution in [3.05, 3.63) is 0 Å². The van der Waals surface area contributed by atoms with E-state index in [2.05, 4.69) is 17.5 Å². The molecule has 0 heterocycles. The summed E-state index contributed by atoms with van der Waals surface area (Å²) in [7, 11) is 0. The maximum Gasteiger partial charge on any atom is 0.164 e. The van der Waals surface area contributed by atoms with Crippen molar-refractivity contribution in [2.24, 2.45) is 11.7 Å². The number of nitrogens with two attached hydrogens (primary N) is 1. The molecule has 2 nitrogen and oxygen atoms in total. The Kier molecular flexibility index (Phi) is 0.572. The monoisotopic (exact) mass is 128 g/mol. The molecule has 0 aliphatic heterocycles. The molecule has 0 unspecified atom stereocenters. The van der Waals surface area contributed by atoms with Crippen LogP contribution in [0.15, 0.2) is 0 Å².